The quantitative estimate of drug-likeness (QED) is 0.597. The van der Waals surface area contributed by atoms with Crippen LogP contribution in [0.1, 0.15) is 76.6 Å². The maximum Gasteiger partial charge on any atom is -0.0129 e. The average molecular weight is 309 g/mol. The molecule has 0 amide bonds. The molecule has 0 aliphatic carbocycles. The van der Waals surface area contributed by atoms with Crippen molar-refractivity contribution < 1.29 is 0 Å². The minimum atomic E-state index is 0.174. The molecule has 1 atom stereocenters. The van der Waals surface area contributed by atoms with E-state index >= 15 is 0 Å². The van der Waals surface area contributed by atoms with E-state index in [0.29, 0.717) is 5.92 Å². The predicted octanol–water partition coefficient (Wildman–Crippen LogP) is 6.63. The fourth-order valence-electron chi connectivity index (χ4n) is 3.15. The Morgan fingerprint density at radius 2 is 1.39 bits per heavy atom. The molecule has 0 nitrogen and oxygen atoms in total. The van der Waals surface area contributed by atoms with Gasteiger partial charge in [0.15, 0.2) is 0 Å². The third kappa shape index (κ3) is 4.47. The minimum absolute atomic E-state index is 0.174. The van der Waals surface area contributed by atoms with Crippen molar-refractivity contribution in [3.05, 3.63) is 70.8 Å². The lowest BCUT2D eigenvalue weighted by molar-refractivity contribution is 0.560. The van der Waals surface area contributed by atoms with E-state index in [4.69, 9.17) is 0 Å². The Balaban J connectivity index is 2.38. The number of hydrogen-bond acceptors (Lipinski definition) is 0. The van der Waals surface area contributed by atoms with Gasteiger partial charge in [-0.15, -0.1) is 0 Å². The molecular formula is C23H32. The van der Waals surface area contributed by atoms with Crippen LogP contribution in [-0.2, 0) is 17.3 Å². The van der Waals surface area contributed by atoms with Crippen LogP contribution in [0.25, 0.3) is 0 Å². The second-order valence-electron chi connectivity index (χ2n) is 8.89. The normalized spacial score (nSPS) is 13.9. The molecule has 0 fully saturated rings. The molecule has 0 spiro atoms. The third-order valence-electron chi connectivity index (χ3n) is 4.68. The van der Waals surface area contributed by atoms with Crippen molar-refractivity contribution in [2.75, 3.05) is 0 Å². The largest absolute Gasteiger partial charge is 0.0622 e. The van der Waals surface area contributed by atoms with Crippen LogP contribution in [0.5, 0.6) is 0 Å². The first-order valence-electron chi connectivity index (χ1n) is 8.78. The van der Waals surface area contributed by atoms with Gasteiger partial charge in [0.1, 0.15) is 0 Å². The number of benzene rings is 2. The van der Waals surface area contributed by atoms with Gasteiger partial charge in [-0.25, -0.2) is 0 Å². The Morgan fingerprint density at radius 3 is 1.91 bits per heavy atom. The van der Waals surface area contributed by atoms with Crippen LogP contribution < -0.4 is 0 Å². The smallest absolute Gasteiger partial charge is 0.0129 e. The second kappa shape index (κ2) is 6.51. The minimum Gasteiger partial charge on any atom is -0.0622 e. The van der Waals surface area contributed by atoms with Gasteiger partial charge in [0.2, 0.25) is 0 Å². The van der Waals surface area contributed by atoms with Gasteiger partial charge < -0.3 is 0 Å². The van der Waals surface area contributed by atoms with E-state index in [2.05, 4.69) is 97.0 Å². The Kier molecular flexibility index (Phi) is 5.04. The van der Waals surface area contributed by atoms with Crippen molar-refractivity contribution in [3.8, 4) is 0 Å². The van der Waals surface area contributed by atoms with Gasteiger partial charge in [0.25, 0.3) is 0 Å². The summed E-state index contributed by atoms with van der Waals surface area (Å²) in [4.78, 5) is 0. The van der Waals surface area contributed by atoms with Gasteiger partial charge in [-0.1, -0.05) is 97.0 Å². The van der Waals surface area contributed by atoms with Gasteiger partial charge in [0.05, 0.1) is 0 Å². The highest BCUT2D eigenvalue weighted by atomic mass is 14.3. The maximum absolute atomic E-state index is 2.44. The molecule has 1 unspecified atom stereocenters. The van der Waals surface area contributed by atoms with Gasteiger partial charge >= 0.3 is 0 Å². The topological polar surface area (TPSA) is 0 Å². The Hall–Kier alpha value is -1.56. The summed E-state index contributed by atoms with van der Waals surface area (Å²) in [6, 6.07) is 18.0. The summed E-state index contributed by atoms with van der Waals surface area (Å²) in [7, 11) is 0. The lowest BCUT2D eigenvalue weighted by Gasteiger charge is -2.28. The average Bonchev–Trinajstić information content (AvgIpc) is 2.46. The summed E-state index contributed by atoms with van der Waals surface area (Å²) in [6.07, 6.45) is 1.10. The molecule has 0 aromatic heterocycles. The zero-order chi connectivity index (χ0) is 17.3. The van der Waals surface area contributed by atoms with Crippen LogP contribution >= 0.6 is 0 Å². The molecule has 0 radical (unpaired) electrons. The van der Waals surface area contributed by atoms with Crippen molar-refractivity contribution in [2.24, 2.45) is 0 Å². The molecule has 0 heteroatoms. The van der Waals surface area contributed by atoms with Crippen LogP contribution in [0.2, 0.25) is 0 Å². The van der Waals surface area contributed by atoms with E-state index in [9.17, 15) is 0 Å². The molecule has 124 valence electrons. The third-order valence-corrected chi connectivity index (χ3v) is 4.68. The Morgan fingerprint density at radius 1 is 0.783 bits per heavy atom. The van der Waals surface area contributed by atoms with Gasteiger partial charge in [0, 0.05) is 0 Å². The van der Waals surface area contributed by atoms with E-state index in [1.54, 1.807) is 0 Å². The zero-order valence-corrected chi connectivity index (χ0v) is 15.9. The van der Waals surface area contributed by atoms with Crippen LogP contribution in [0.15, 0.2) is 48.5 Å². The number of rotatable bonds is 3. The summed E-state index contributed by atoms with van der Waals surface area (Å²) >= 11 is 0. The number of hydrogen-bond donors (Lipinski definition) is 0. The SMILES string of the molecule is CC(Cc1ccc(C(C)(C)C)cc1C(C)(C)C)c1ccccc1. The van der Waals surface area contributed by atoms with Crippen molar-refractivity contribution in [1.29, 1.82) is 0 Å². The van der Waals surface area contributed by atoms with Crippen molar-refractivity contribution >= 4 is 0 Å². The van der Waals surface area contributed by atoms with E-state index in [1.165, 1.54) is 22.3 Å². The Labute approximate surface area is 143 Å². The summed E-state index contributed by atoms with van der Waals surface area (Å²) in [6.45, 7) is 16.2. The predicted molar refractivity (Wildman–Crippen MR) is 102 cm³/mol. The fraction of sp³-hybridized carbons (Fsp3) is 0.478. The first kappa shape index (κ1) is 17.8. The van der Waals surface area contributed by atoms with Crippen LogP contribution in [0.3, 0.4) is 0 Å². The highest BCUT2D eigenvalue weighted by molar-refractivity contribution is 5.40. The summed E-state index contributed by atoms with van der Waals surface area (Å²) < 4.78 is 0. The summed E-state index contributed by atoms with van der Waals surface area (Å²) in [5.41, 5.74) is 6.21. The molecule has 23 heavy (non-hydrogen) atoms. The lowest BCUT2D eigenvalue weighted by Crippen LogP contribution is -2.19. The molecule has 0 bridgehead atoms. The first-order chi connectivity index (χ1) is 10.6. The Bertz CT molecular complexity index is 636. The molecule has 2 rings (SSSR count). The molecule has 0 aliphatic rings. The molecule has 2 aromatic carbocycles. The fourth-order valence-corrected chi connectivity index (χ4v) is 3.15. The van der Waals surface area contributed by atoms with Gasteiger partial charge in [-0.3, -0.25) is 0 Å². The van der Waals surface area contributed by atoms with Crippen molar-refractivity contribution in [1.82, 2.24) is 0 Å². The molecule has 0 heterocycles. The molecule has 0 saturated carbocycles. The van der Waals surface area contributed by atoms with Gasteiger partial charge in [-0.05, 0) is 45.4 Å². The molecule has 0 saturated heterocycles. The first-order valence-corrected chi connectivity index (χ1v) is 8.78. The zero-order valence-electron chi connectivity index (χ0n) is 15.9. The van der Waals surface area contributed by atoms with Crippen molar-refractivity contribution in [2.45, 2.75) is 71.6 Å². The van der Waals surface area contributed by atoms with E-state index in [1.807, 2.05) is 0 Å². The van der Waals surface area contributed by atoms with Gasteiger partial charge in [-0.2, -0.15) is 0 Å². The molecular weight excluding hydrogens is 276 g/mol. The molecule has 0 aliphatic heterocycles. The monoisotopic (exact) mass is 308 g/mol. The van der Waals surface area contributed by atoms with Crippen molar-refractivity contribution in [3.63, 3.8) is 0 Å². The van der Waals surface area contributed by atoms with E-state index in [0.717, 1.165) is 6.42 Å². The highest BCUT2D eigenvalue weighted by Gasteiger charge is 2.23. The summed E-state index contributed by atoms with van der Waals surface area (Å²) in [5, 5.41) is 0. The van der Waals surface area contributed by atoms with E-state index < -0.39 is 0 Å². The molecule has 0 N–H and O–H groups in total. The maximum atomic E-state index is 2.44. The van der Waals surface area contributed by atoms with Crippen LogP contribution in [0, 0.1) is 0 Å². The summed E-state index contributed by atoms with van der Waals surface area (Å²) in [5.74, 6) is 0.540. The van der Waals surface area contributed by atoms with Crippen LogP contribution in [-0.4, -0.2) is 0 Å². The van der Waals surface area contributed by atoms with E-state index in [-0.39, 0.29) is 10.8 Å². The highest BCUT2D eigenvalue weighted by Crippen LogP contribution is 2.33. The standard InChI is InChI=1S/C23H32/c1-17(18-11-9-8-10-12-18)15-19-13-14-20(22(2,3)4)16-21(19)23(5,6)7/h8-14,16-17H,15H2,1-7H3. The second-order valence-corrected chi connectivity index (χ2v) is 8.89. The molecule has 2 aromatic rings. The van der Waals surface area contributed by atoms with Crippen LogP contribution in [0.4, 0.5) is 0 Å². The lowest BCUT2D eigenvalue weighted by atomic mass is 9.76.